The highest BCUT2D eigenvalue weighted by molar-refractivity contribution is 6.12. The number of anilines is 1. The van der Waals surface area contributed by atoms with Gasteiger partial charge in [-0.15, -0.1) is 0 Å². The summed E-state index contributed by atoms with van der Waals surface area (Å²) in [7, 11) is 0. The van der Waals surface area contributed by atoms with Crippen molar-refractivity contribution in [1.29, 1.82) is 0 Å². The van der Waals surface area contributed by atoms with E-state index in [1.807, 2.05) is 6.07 Å². The van der Waals surface area contributed by atoms with Gasteiger partial charge in [0.1, 0.15) is 6.54 Å². The molecule has 144 valence electrons. The summed E-state index contributed by atoms with van der Waals surface area (Å²) in [5.41, 5.74) is 2.52. The van der Waals surface area contributed by atoms with Gasteiger partial charge in [0.2, 0.25) is 11.8 Å². The minimum Gasteiger partial charge on any atom is -0.351 e. The first-order valence-corrected chi connectivity index (χ1v) is 8.60. The van der Waals surface area contributed by atoms with E-state index in [2.05, 4.69) is 20.9 Å². The molecule has 9 heteroatoms. The van der Waals surface area contributed by atoms with E-state index in [1.54, 1.807) is 36.5 Å². The molecule has 28 heavy (non-hydrogen) atoms. The maximum absolute atomic E-state index is 12.3. The Morgan fingerprint density at radius 1 is 1.11 bits per heavy atom. The van der Waals surface area contributed by atoms with Crippen LogP contribution in [-0.2, 0) is 22.7 Å². The van der Waals surface area contributed by atoms with Crippen molar-refractivity contribution in [2.45, 2.75) is 20.0 Å². The molecule has 2 heterocycles. The molecule has 0 atom stereocenters. The molecule has 1 aliphatic rings. The Bertz CT molecular complexity index is 926. The van der Waals surface area contributed by atoms with Crippen LogP contribution in [0.3, 0.4) is 0 Å². The van der Waals surface area contributed by atoms with E-state index >= 15 is 0 Å². The summed E-state index contributed by atoms with van der Waals surface area (Å²) in [6, 6.07) is 9.53. The summed E-state index contributed by atoms with van der Waals surface area (Å²) < 4.78 is 0. The molecule has 1 aromatic heterocycles. The molecule has 3 N–H and O–H groups in total. The number of benzene rings is 1. The van der Waals surface area contributed by atoms with E-state index < -0.39 is 6.03 Å². The van der Waals surface area contributed by atoms with Crippen LogP contribution >= 0.6 is 0 Å². The van der Waals surface area contributed by atoms with Crippen molar-refractivity contribution in [3.05, 3.63) is 59.4 Å². The van der Waals surface area contributed by atoms with Crippen LogP contribution in [0.25, 0.3) is 0 Å². The van der Waals surface area contributed by atoms with Crippen LogP contribution in [0, 0.1) is 0 Å². The Kier molecular flexibility index (Phi) is 5.64. The highest BCUT2D eigenvalue weighted by Crippen LogP contribution is 2.17. The van der Waals surface area contributed by atoms with Crippen molar-refractivity contribution in [3.63, 3.8) is 0 Å². The molecule has 3 rings (SSSR count). The van der Waals surface area contributed by atoms with Crippen molar-refractivity contribution in [2.75, 3.05) is 11.4 Å². The molecule has 5 amide bonds. The Morgan fingerprint density at radius 3 is 2.50 bits per heavy atom. The summed E-state index contributed by atoms with van der Waals surface area (Å²) in [5.74, 6) is -0.768. The highest BCUT2D eigenvalue weighted by atomic mass is 16.2. The van der Waals surface area contributed by atoms with Gasteiger partial charge in [-0.05, 0) is 42.0 Å². The average Bonchev–Trinajstić information content (AvgIpc) is 3.03. The molecule has 1 saturated heterocycles. The summed E-state index contributed by atoms with van der Waals surface area (Å²) in [5, 5.41) is 7.68. The Labute approximate surface area is 161 Å². The molecule has 0 aliphatic carbocycles. The summed E-state index contributed by atoms with van der Waals surface area (Å²) in [6.07, 6.45) is 1.62. The maximum atomic E-state index is 12.3. The van der Waals surface area contributed by atoms with Gasteiger partial charge in [-0.2, -0.15) is 0 Å². The van der Waals surface area contributed by atoms with E-state index in [0.717, 1.165) is 5.56 Å². The van der Waals surface area contributed by atoms with Gasteiger partial charge in [0.25, 0.3) is 5.91 Å². The first-order chi connectivity index (χ1) is 13.4. The number of carbonyl (C=O) groups is 4. The number of amides is 5. The van der Waals surface area contributed by atoms with Crippen molar-refractivity contribution in [3.8, 4) is 0 Å². The fraction of sp³-hybridized carbons (Fsp3) is 0.211. The lowest BCUT2D eigenvalue weighted by Crippen LogP contribution is -2.28. The fourth-order valence-electron chi connectivity index (χ4n) is 2.68. The van der Waals surface area contributed by atoms with Crippen LogP contribution in [0.2, 0.25) is 0 Å². The molecule has 1 aromatic carbocycles. The van der Waals surface area contributed by atoms with Gasteiger partial charge in [0.05, 0.1) is 12.2 Å². The van der Waals surface area contributed by atoms with Crippen LogP contribution in [-0.4, -0.2) is 35.3 Å². The molecule has 0 saturated carbocycles. The molecular formula is C19H19N5O4. The Balaban J connectivity index is 1.58. The molecule has 9 nitrogen and oxygen atoms in total. The fourth-order valence-corrected chi connectivity index (χ4v) is 2.68. The van der Waals surface area contributed by atoms with Crippen molar-refractivity contribution >= 4 is 29.4 Å². The maximum Gasteiger partial charge on any atom is 0.329 e. The Morgan fingerprint density at radius 2 is 1.86 bits per heavy atom. The van der Waals surface area contributed by atoms with Gasteiger partial charge in [-0.25, -0.2) is 4.79 Å². The third-order valence-electron chi connectivity index (χ3n) is 4.09. The topological polar surface area (TPSA) is 121 Å². The number of nitrogens with zero attached hydrogens (tertiary/aromatic N) is 2. The van der Waals surface area contributed by atoms with E-state index in [-0.39, 0.29) is 24.3 Å². The molecular weight excluding hydrogens is 362 g/mol. The van der Waals surface area contributed by atoms with Crippen molar-refractivity contribution in [2.24, 2.45) is 0 Å². The minimum absolute atomic E-state index is 0.0345. The summed E-state index contributed by atoms with van der Waals surface area (Å²) in [4.78, 5) is 51.7. The van der Waals surface area contributed by atoms with Gasteiger partial charge in [0.15, 0.2) is 0 Å². The zero-order valence-electron chi connectivity index (χ0n) is 15.2. The lowest BCUT2D eigenvalue weighted by atomic mass is 10.1. The molecule has 0 bridgehead atoms. The van der Waals surface area contributed by atoms with Gasteiger partial charge < -0.3 is 10.6 Å². The highest BCUT2D eigenvalue weighted by Gasteiger charge is 2.27. The summed E-state index contributed by atoms with van der Waals surface area (Å²) >= 11 is 0. The molecule has 0 spiro atoms. The van der Waals surface area contributed by atoms with Crippen LogP contribution in [0.15, 0.2) is 42.6 Å². The first kappa shape index (κ1) is 19.0. The van der Waals surface area contributed by atoms with Gasteiger partial charge in [0, 0.05) is 30.9 Å². The molecule has 0 unspecified atom stereocenters. The predicted octanol–water partition coefficient (Wildman–Crippen LogP) is 0.704. The van der Waals surface area contributed by atoms with Crippen LogP contribution in [0.5, 0.6) is 0 Å². The SMILES string of the molecule is CC(=O)NCc1cc(CNC(=O)c2ccc(N3CC(=O)NC3=O)cc2)ccn1. The minimum atomic E-state index is -0.477. The number of urea groups is 1. The normalized spacial score (nSPS) is 13.2. The Hall–Kier alpha value is -3.75. The van der Waals surface area contributed by atoms with Gasteiger partial charge >= 0.3 is 6.03 Å². The molecule has 1 aliphatic heterocycles. The number of hydrogen-bond donors (Lipinski definition) is 3. The van der Waals surface area contributed by atoms with Crippen molar-refractivity contribution in [1.82, 2.24) is 20.9 Å². The largest absolute Gasteiger partial charge is 0.351 e. The number of pyridine rings is 1. The number of hydrogen-bond acceptors (Lipinski definition) is 5. The van der Waals surface area contributed by atoms with E-state index in [0.29, 0.717) is 30.0 Å². The zero-order chi connectivity index (χ0) is 20.1. The average molecular weight is 381 g/mol. The molecule has 1 fully saturated rings. The van der Waals surface area contributed by atoms with E-state index in [4.69, 9.17) is 0 Å². The van der Waals surface area contributed by atoms with Crippen LogP contribution in [0.4, 0.5) is 10.5 Å². The molecule has 2 aromatic rings. The smallest absolute Gasteiger partial charge is 0.329 e. The third kappa shape index (κ3) is 4.70. The second kappa shape index (κ2) is 8.30. The summed E-state index contributed by atoms with van der Waals surface area (Å²) in [6.45, 7) is 2.03. The lowest BCUT2D eigenvalue weighted by Gasteiger charge is -2.13. The standard InChI is InChI=1S/C19H19N5O4/c1-12(25)21-10-15-8-13(6-7-20-15)9-22-18(27)14-2-4-16(5-3-14)24-11-17(26)23-19(24)28/h2-8H,9-11H2,1H3,(H,21,25)(H,22,27)(H,23,26,28). The van der Waals surface area contributed by atoms with Gasteiger partial charge in [-0.3, -0.25) is 29.6 Å². The monoisotopic (exact) mass is 381 g/mol. The number of imide groups is 1. The number of carbonyl (C=O) groups excluding carboxylic acids is 4. The zero-order valence-corrected chi connectivity index (χ0v) is 15.2. The van der Waals surface area contributed by atoms with Gasteiger partial charge in [-0.1, -0.05) is 0 Å². The quantitative estimate of drug-likeness (QED) is 0.636. The number of rotatable bonds is 6. The van der Waals surface area contributed by atoms with E-state index in [9.17, 15) is 19.2 Å². The molecule has 0 radical (unpaired) electrons. The first-order valence-electron chi connectivity index (χ1n) is 8.60. The second-order valence-corrected chi connectivity index (χ2v) is 6.23. The third-order valence-corrected chi connectivity index (χ3v) is 4.09. The van der Waals surface area contributed by atoms with E-state index in [1.165, 1.54) is 11.8 Å². The lowest BCUT2D eigenvalue weighted by molar-refractivity contribution is -0.119. The number of nitrogens with one attached hydrogen (secondary N) is 3. The van der Waals surface area contributed by atoms with Crippen molar-refractivity contribution < 1.29 is 19.2 Å². The van der Waals surface area contributed by atoms with Crippen LogP contribution < -0.4 is 20.9 Å². The van der Waals surface area contributed by atoms with Crippen LogP contribution in [0.1, 0.15) is 28.5 Å². The second-order valence-electron chi connectivity index (χ2n) is 6.23. The number of aromatic nitrogens is 1. The predicted molar refractivity (Wildman–Crippen MR) is 100 cm³/mol.